The van der Waals surface area contributed by atoms with Gasteiger partial charge in [0.2, 0.25) is 0 Å². The summed E-state index contributed by atoms with van der Waals surface area (Å²) in [5.41, 5.74) is -4.31. The Hall–Kier alpha value is -0.620. The zero-order valence-electron chi connectivity index (χ0n) is 8.76. The van der Waals surface area contributed by atoms with Crippen molar-refractivity contribution in [2.45, 2.75) is 24.1 Å². The molecule has 0 saturated carbocycles. The van der Waals surface area contributed by atoms with Crippen LogP contribution in [-0.4, -0.2) is 0 Å². The third-order valence-corrected chi connectivity index (χ3v) is 2.79. The molecule has 0 atom stereocenters. The SMILES string of the molecule is Cc1c(C(F)(F)F)ccc(C(Cl)Cl)c1C(F)(F)F. The van der Waals surface area contributed by atoms with E-state index in [1.165, 1.54) is 0 Å². The Labute approximate surface area is 108 Å². The third kappa shape index (κ3) is 3.03. The van der Waals surface area contributed by atoms with E-state index in [1.54, 1.807) is 0 Å². The Kier molecular flexibility index (Phi) is 4.13. The molecule has 0 unspecified atom stereocenters. The van der Waals surface area contributed by atoms with Crippen molar-refractivity contribution < 1.29 is 26.3 Å². The molecule has 1 aromatic carbocycles. The van der Waals surface area contributed by atoms with E-state index in [9.17, 15) is 26.3 Å². The summed E-state index contributed by atoms with van der Waals surface area (Å²) in [4.78, 5) is -1.55. The smallest absolute Gasteiger partial charge is 0.166 e. The number of halogens is 8. The largest absolute Gasteiger partial charge is 0.417 e. The molecule has 0 bridgehead atoms. The fraction of sp³-hybridized carbons (Fsp3) is 0.400. The first-order valence-electron chi connectivity index (χ1n) is 4.52. The van der Waals surface area contributed by atoms with Crippen LogP contribution in [0.4, 0.5) is 26.3 Å². The lowest BCUT2D eigenvalue weighted by molar-refractivity contribution is -0.144. The van der Waals surface area contributed by atoms with E-state index in [4.69, 9.17) is 23.2 Å². The standard InChI is InChI=1S/C10H6Cl2F6/c1-4-6(9(13,14)15)3-2-5(8(11)12)7(4)10(16,17)18/h2-3,8H,1H3. The molecule has 18 heavy (non-hydrogen) atoms. The second-order valence-corrected chi connectivity index (χ2v) is 4.59. The van der Waals surface area contributed by atoms with Gasteiger partial charge in [-0.25, -0.2) is 0 Å². The van der Waals surface area contributed by atoms with Gasteiger partial charge < -0.3 is 0 Å². The summed E-state index contributed by atoms with van der Waals surface area (Å²) >= 11 is 10.7. The number of benzene rings is 1. The molecule has 0 saturated heterocycles. The van der Waals surface area contributed by atoms with Crippen molar-refractivity contribution in [2.24, 2.45) is 0 Å². The number of rotatable bonds is 1. The van der Waals surface area contributed by atoms with Crippen LogP contribution in [-0.2, 0) is 12.4 Å². The van der Waals surface area contributed by atoms with Crippen LogP contribution < -0.4 is 0 Å². The van der Waals surface area contributed by atoms with E-state index in [0.29, 0.717) is 12.1 Å². The Morgan fingerprint density at radius 1 is 0.944 bits per heavy atom. The van der Waals surface area contributed by atoms with E-state index in [2.05, 4.69) is 0 Å². The summed E-state index contributed by atoms with van der Waals surface area (Å²) in [6.45, 7) is 0.741. The third-order valence-electron chi connectivity index (χ3n) is 2.32. The van der Waals surface area contributed by atoms with Crippen molar-refractivity contribution in [3.05, 3.63) is 34.4 Å². The first-order chi connectivity index (χ1) is 7.96. The predicted molar refractivity (Wildman–Crippen MR) is 55.6 cm³/mol. The van der Waals surface area contributed by atoms with Gasteiger partial charge in [0.05, 0.1) is 11.1 Å². The van der Waals surface area contributed by atoms with Crippen molar-refractivity contribution in [1.82, 2.24) is 0 Å². The summed E-state index contributed by atoms with van der Waals surface area (Å²) in [7, 11) is 0. The van der Waals surface area contributed by atoms with E-state index in [1.807, 2.05) is 0 Å². The quantitative estimate of drug-likeness (QED) is 0.474. The average Bonchev–Trinajstić information content (AvgIpc) is 2.12. The molecule has 0 aliphatic carbocycles. The molecule has 0 heterocycles. The first kappa shape index (κ1) is 15.4. The van der Waals surface area contributed by atoms with Gasteiger partial charge in [-0.3, -0.25) is 0 Å². The Morgan fingerprint density at radius 3 is 1.78 bits per heavy atom. The van der Waals surface area contributed by atoms with E-state index < -0.39 is 39.4 Å². The number of alkyl halides is 8. The summed E-state index contributed by atoms with van der Waals surface area (Å²) in [6, 6.07) is 1.18. The highest BCUT2D eigenvalue weighted by molar-refractivity contribution is 6.44. The summed E-state index contributed by atoms with van der Waals surface area (Å²) < 4.78 is 75.8. The highest BCUT2D eigenvalue weighted by Crippen LogP contribution is 2.44. The van der Waals surface area contributed by atoms with Crippen LogP contribution in [0.5, 0.6) is 0 Å². The lowest BCUT2D eigenvalue weighted by Gasteiger charge is -2.20. The fourth-order valence-corrected chi connectivity index (χ4v) is 1.96. The molecule has 0 spiro atoms. The normalized spacial score (nSPS) is 13.2. The fourth-order valence-electron chi connectivity index (χ4n) is 1.60. The first-order valence-corrected chi connectivity index (χ1v) is 5.39. The van der Waals surface area contributed by atoms with Crippen LogP contribution in [0.3, 0.4) is 0 Å². The lowest BCUT2D eigenvalue weighted by atomic mass is 9.96. The van der Waals surface area contributed by atoms with Gasteiger partial charge in [-0.05, 0) is 24.1 Å². The molecule has 8 heteroatoms. The van der Waals surface area contributed by atoms with Crippen LogP contribution in [0.1, 0.15) is 27.1 Å². The highest BCUT2D eigenvalue weighted by atomic mass is 35.5. The number of hydrogen-bond donors (Lipinski definition) is 0. The monoisotopic (exact) mass is 310 g/mol. The van der Waals surface area contributed by atoms with Crippen molar-refractivity contribution >= 4 is 23.2 Å². The topological polar surface area (TPSA) is 0 Å². The molecule has 1 rings (SSSR count). The summed E-state index contributed by atoms with van der Waals surface area (Å²) in [6.07, 6.45) is -9.82. The Balaban J connectivity index is 3.61. The average molecular weight is 311 g/mol. The van der Waals surface area contributed by atoms with E-state index in [0.717, 1.165) is 6.92 Å². The van der Waals surface area contributed by atoms with Crippen molar-refractivity contribution in [3.63, 3.8) is 0 Å². The van der Waals surface area contributed by atoms with Gasteiger partial charge in [0.25, 0.3) is 0 Å². The minimum atomic E-state index is -4.96. The molecule has 0 aliphatic rings. The van der Waals surface area contributed by atoms with Crippen molar-refractivity contribution in [1.29, 1.82) is 0 Å². The second-order valence-electron chi connectivity index (χ2n) is 3.50. The van der Waals surface area contributed by atoms with Gasteiger partial charge in [0, 0.05) is 0 Å². The molecule has 0 amide bonds. The van der Waals surface area contributed by atoms with Crippen LogP contribution >= 0.6 is 23.2 Å². The minimum Gasteiger partial charge on any atom is -0.166 e. The van der Waals surface area contributed by atoms with Crippen LogP contribution in [0.25, 0.3) is 0 Å². The van der Waals surface area contributed by atoms with Gasteiger partial charge in [-0.1, -0.05) is 6.07 Å². The molecule has 0 N–H and O–H groups in total. The molecule has 0 radical (unpaired) electrons. The second kappa shape index (κ2) is 4.81. The highest BCUT2D eigenvalue weighted by Gasteiger charge is 2.41. The maximum absolute atomic E-state index is 12.8. The van der Waals surface area contributed by atoms with Gasteiger partial charge in [-0.15, -0.1) is 23.2 Å². The van der Waals surface area contributed by atoms with Crippen molar-refractivity contribution in [2.75, 3.05) is 0 Å². The molecule has 1 aromatic rings. The van der Waals surface area contributed by atoms with Crippen LogP contribution in [0.2, 0.25) is 0 Å². The Morgan fingerprint density at radius 2 is 1.44 bits per heavy atom. The molecule has 0 aliphatic heterocycles. The van der Waals surface area contributed by atoms with Gasteiger partial charge >= 0.3 is 12.4 Å². The van der Waals surface area contributed by atoms with E-state index >= 15 is 0 Å². The molecule has 0 aromatic heterocycles. The number of hydrogen-bond acceptors (Lipinski definition) is 0. The van der Waals surface area contributed by atoms with Gasteiger partial charge in [-0.2, -0.15) is 26.3 Å². The van der Waals surface area contributed by atoms with Crippen LogP contribution in [0, 0.1) is 6.92 Å². The predicted octanol–water partition coefficient (Wildman–Crippen LogP) is 5.51. The van der Waals surface area contributed by atoms with Crippen LogP contribution in [0.15, 0.2) is 12.1 Å². The molecule has 0 fully saturated rings. The van der Waals surface area contributed by atoms with Gasteiger partial charge in [0.15, 0.2) is 0 Å². The Bertz CT molecular complexity index is 447. The zero-order chi connectivity index (χ0) is 14.3. The van der Waals surface area contributed by atoms with Crippen molar-refractivity contribution in [3.8, 4) is 0 Å². The minimum absolute atomic E-state index is 0.539. The van der Waals surface area contributed by atoms with Gasteiger partial charge in [0.1, 0.15) is 4.84 Å². The lowest BCUT2D eigenvalue weighted by Crippen LogP contribution is -2.17. The molecule has 102 valence electrons. The molecule has 0 nitrogen and oxygen atoms in total. The molecular formula is C10H6Cl2F6. The summed E-state index contributed by atoms with van der Waals surface area (Å²) in [5, 5.41) is 0. The maximum Gasteiger partial charge on any atom is 0.417 e. The maximum atomic E-state index is 12.8. The summed E-state index contributed by atoms with van der Waals surface area (Å²) in [5.74, 6) is 0. The zero-order valence-corrected chi connectivity index (χ0v) is 10.3. The van der Waals surface area contributed by atoms with E-state index in [-0.39, 0.29) is 0 Å². The molecular weight excluding hydrogens is 305 g/mol.